The summed E-state index contributed by atoms with van der Waals surface area (Å²) < 4.78 is 1.64. The van der Waals surface area contributed by atoms with Gasteiger partial charge in [0.05, 0.1) is 15.6 Å². The van der Waals surface area contributed by atoms with Crippen LogP contribution in [-0.2, 0) is 6.42 Å². The zero-order valence-corrected chi connectivity index (χ0v) is 15.7. The van der Waals surface area contributed by atoms with E-state index < -0.39 is 11.4 Å². The van der Waals surface area contributed by atoms with Crippen molar-refractivity contribution in [3.63, 3.8) is 0 Å². The van der Waals surface area contributed by atoms with E-state index in [-0.39, 0.29) is 5.56 Å². The SMILES string of the molecule is CN(C)n1cc(C(=O)O)c(=O)c2cc(Cc3cccc(Cl)c3Cl)ccc21. The van der Waals surface area contributed by atoms with Crippen LogP contribution >= 0.6 is 23.2 Å². The van der Waals surface area contributed by atoms with E-state index in [2.05, 4.69) is 0 Å². The lowest BCUT2D eigenvalue weighted by atomic mass is 10.0. The van der Waals surface area contributed by atoms with Crippen LogP contribution in [0.5, 0.6) is 0 Å². The molecule has 0 unspecified atom stereocenters. The molecule has 5 nitrogen and oxygen atoms in total. The molecular weight excluding hydrogens is 375 g/mol. The largest absolute Gasteiger partial charge is 0.477 e. The first kappa shape index (κ1) is 18.3. The van der Waals surface area contributed by atoms with Crippen LogP contribution in [0.3, 0.4) is 0 Å². The highest BCUT2D eigenvalue weighted by atomic mass is 35.5. The fourth-order valence-electron chi connectivity index (χ4n) is 2.86. The number of halogens is 2. The summed E-state index contributed by atoms with van der Waals surface area (Å²) in [5.41, 5.74) is 1.52. The van der Waals surface area contributed by atoms with E-state index in [0.29, 0.717) is 27.4 Å². The average Bonchev–Trinajstić information content (AvgIpc) is 2.59. The van der Waals surface area contributed by atoms with Crippen molar-refractivity contribution < 1.29 is 9.90 Å². The molecule has 1 N–H and O–H groups in total. The summed E-state index contributed by atoms with van der Waals surface area (Å²) in [6.45, 7) is 0. The van der Waals surface area contributed by atoms with Crippen LogP contribution in [0.1, 0.15) is 21.5 Å². The van der Waals surface area contributed by atoms with Gasteiger partial charge in [-0.15, -0.1) is 0 Å². The standard InChI is InChI=1S/C19H16Cl2N2O3/c1-22(2)23-10-14(19(25)26)18(24)13-9-11(6-7-16(13)23)8-12-4-3-5-15(20)17(12)21/h3-7,9-10H,8H2,1-2H3,(H,25,26). The number of carboxylic acid groups (broad SMARTS) is 1. The van der Waals surface area contributed by atoms with Crippen LogP contribution in [0.2, 0.25) is 10.0 Å². The van der Waals surface area contributed by atoms with Gasteiger partial charge in [0.2, 0.25) is 5.43 Å². The third-order valence-corrected chi connectivity index (χ3v) is 4.99. The normalized spacial score (nSPS) is 10.9. The van der Waals surface area contributed by atoms with Crippen molar-refractivity contribution in [2.24, 2.45) is 0 Å². The Hall–Kier alpha value is -2.50. The van der Waals surface area contributed by atoms with Gasteiger partial charge in [-0.05, 0) is 35.7 Å². The maximum Gasteiger partial charge on any atom is 0.341 e. The topological polar surface area (TPSA) is 62.5 Å². The molecule has 7 heteroatoms. The molecule has 0 amide bonds. The van der Waals surface area contributed by atoms with Gasteiger partial charge in [-0.3, -0.25) is 9.47 Å². The number of aromatic nitrogens is 1. The highest BCUT2D eigenvalue weighted by molar-refractivity contribution is 6.42. The van der Waals surface area contributed by atoms with E-state index in [1.165, 1.54) is 6.20 Å². The number of hydrogen-bond donors (Lipinski definition) is 1. The second-order valence-electron chi connectivity index (χ2n) is 6.11. The smallest absolute Gasteiger partial charge is 0.341 e. The lowest BCUT2D eigenvalue weighted by Gasteiger charge is -2.20. The molecule has 0 atom stereocenters. The second kappa shape index (κ2) is 7.02. The van der Waals surface area contributed by atoms with E-state index in [0.717, 1.165) is 11.1 Å². The fraction of sp³-hybridized carbons (Fsp3) is 0.158. The number of hydrogen-bond acceptors (Lipinski definition) is 3. The number of fused-ring (bicyclic) bond motifs is 1. The zero-order valence-electron chi connectivity index (χ0n) is 14.2. The van der Waals surface area contributed by atoms with Crippen molar-refractivity contribution in [1.82, 2.24) is 4.68 Å². The minimum atomic E-state index is -1.25. The summed E-state index contributed by atoms with van der Waals surface area (Å²) in [5, 5.41) is 12.3. The van der Waals surface area contributed by atoms with Crippen molar-refractivity contribution >= 4 is 40.1 Å². The van der Waals surface area contributed by atoms with Crippen LogP contribution in [0.4, 0.5) is 0 Å². The first-order valence-corrected chi connectivity index (χ1v) is 8.57. The molecule has 3 aromatic rings. The van der Waals surface area contributed by atoms with Crippen LogP contribution in [0, 0.1) is 0 Å². The summed E-state index contributed by atoms with van der Waals surface area (Å²) in [7, 11) is 3.55. The van der Waals surface area contributed by atoms with Gasteiger partial charge in [0.1, 0.15) is 5.56 Å². The monoisotopic (exact) mass is 390 g/mol. The average molecular weight is 391 g/mol. The molecule has 1 heterocycles. The molecule has 2 aromatic carbocycles. The Balaban J connectivity index is 2.19. The van der Waals surface area contributed by atoms with Gasteiger partial charge in [0, 0.05) is 25.7 Å². The van der Waals surface area contributed by atoms with Crippen LogP contribution < -0.4 is 10.4 Å². The number of rotatable bonds is 4. The van der Waals surface area contributed by atoms with Gasteiger partial charge in [-0.25, -0.2) is 4.79 Å². The molecule has 0 radical (unpaired) electrons. The predicted molar refractivity (Wildman–Crippen MR) is 105 cm³/mol. The van der Waals surface area contributed by atoms with Crippen molar-refractivity contribution in [3.05, 3.63) is 79.6 Å². The molecule has 1 aromatic heterocycles. The van der Waals surface area contributed by atoms with Crippen molar-refractivity contribution in [3.8, 4) is 0 Å². The van der Waals surface area contributed by atoms with E-state index in [1.807, 2.05) is 18.2 Å². The van der Waals surface area contributed by atoms with E-state index in [9.17, 15) is 14.7 Å². The molecule has 0 aliphatic heterocycles. The quantitative estimate of drug-likeness (QED) is 0.735. The highest BCUT2D eigenvalue weighted by Gasteiger charge is 2.16. The minimum Gasteiger partial charge on any atom is -0.477 e. The van der Waals surface area contributed by atoms with Crippen LogP contribution in [-0.4, -0.2) is 29.8 Å². The maximum absolute atomic E-state index is 12.6. The summed E-state index contributed by atoms with van der Waals surface area (Å²) in [6, 6.07) is 10.8. The molecule has 134 valence electrons. The Morgan fingerprint density at radius 2 is 1.92 bits per heavy atom. The molecule has 0 bridgehead atoms. The molecule has 3 rings (SSSR count). The number of benzene rings is 2. The Morgan fingerprint density at radius 1 is 1.19 bits per heavy atom. The third kappa shape index (κ3) is 3.28. The Bertz CT molecular complexity index is 1070. The Kier molecular flexibility index (Phi) is 4.94. The van der Waals surface area contributed by atoms with Crippen molar-refractivity contribution in [2.45, 2.75) is 6.42 Å². The van der Waals surface area contributed by atoms with Gasteiger partial charge >= 0.3 is 5.97 Å². The molecule has 26 heavy (non-hydrogen) atoms. The summed E-state index contributed by atoms with van der Waals surface area (Å²) >= 11 is 12.3. The minimum absolute atomic E-state index is 0.274. The van der Waals surface area contributed by atoms with Crippen molar-refractivity contribution in [2.75, 3.05) is 19.1 Å². The Labute approximate surface area is 160 Å². The van der Waals surface area contributed by atoms with Gasteiger partial charge < -0.3 is 10.1 Å². The van der Waals surface area contributed by atoms with Gasteiger partial charge in [0.25, 0.3) is 0 Å². The molecule has 0 fully saturated rings. The third-order valence-electron chi connectivity index (χ3n) is 4.14. The fourth-order valence-corrected chi connectivity index (χ4v) is 3.25. The zero-order chi connectivity index (χ0) is 19.0. The number of nitrogens with zero attached hydrogens (tertiary/aromatic N) is 2. The van der Waals surface area contributed by atoms with E-state index >= 15 is 0 Å². The van der Waals surface area contributed by atoms with E-state index in [4.69, 9.17) is 23.2 Å². The second-order valence-corrected chi connectivity index (χ2v) is 6.90. The predicted octanol–water partition coefficient (Wildman–Crippen LogP) is 3.79. The molecule has 0 saturated heterocycles. The van der Waals surface area contributed by atoms with Crippen LogP contribution in [0.25, 0.3) is 10.9 Å². The summed E-state index contributed by atoms with van der Waals surface area (Å²) in [4.78, 5) is 24.0. The van der Waals surface area contributed by atoms with Gasteiger partial charge in [0.15, 0.2) is 0 Å². The van der Waals surface area contributed by atoms with Crippen LogP contribution in [0.15, 0.2) is 47.4 Å². The van der Waals surface area contributed by atoms with Gasteiger partial charge in [-0.1, -0.05) is 41.4 Å². The molecule has 0 spiro atoms. The summed E-state index contributed by atoms with van der Waals surface area (Å²) in [6.07, 6.45) is 1.81. The van der Waals surface area contributed by atoms with Crippen molar-refractivity contribution in [1.29, 1.82) is 0 Å². The Morgan fingerprint density at radius 3 is 2.58 bits per heavy atom. The molecule has 0 saturated carbocycles. The summed E-state index contributed by atoms with van der Waals surface area (Å²) in [5.74, 6) is -1.25. The molecule has 0 aliphatic rings. The number of aromatic carboxylic acids is 1. The lowest BCUT2D eigenvalue weighted by Crippen LogP contribution is -2.29. The number of pyridine rings is 1. The highest BCUT2D eigenvalue weighted by Crippen LogP contribution is 2.28. The first-order chi connectivity index (χ1) is 12.3. The number of carboxylic acids is 1. The lowest BCUT2D eigenvalue weighted by molar-refractivity contribution is 0.0695. The molecular formula is C19H16Cl2N2O3. The van der Waals surface area contributed by atoms with E-state index in [1.54, 1.807) is 42.0 Å². The van der Waals surface area contributed by atoms with Gasteiger partial charge in [-0.2, -0.15) is 0 Å². The number of carbonyl (C=O) groups is 1. The molecule has 0 aliphatic carbocycles. The first-order valence-electron chi connectivity index (χ1n) is 7.81. The maximum atomic E-state index is 12.6.